The number of hydrogen-bond acceptors (Lipinski definition) is 4. The zero-order valence-corrected chi connectivity index (χ0v) is 12.2. The van der Waals surface area contributed by atoms with Crippen molar-refractivity contribution in [3.63, 3.8) is 0 Å². The molecule has 21 heavy (non-hydrogen) atoms. The fourth-order valence-electron chi connectivity index (χ4n) is 2.37. The Bertz CT molecular complexity index is 707. The number of hydrogen-bond donors (Lipinski definition) is 1. The SMILES string of the molecule is CC(C)Oc1cccc(-c2nc3c(c(=O)[nH]2)COCC3)c1. The van der Waals surface area contributed by atoms with E-state index in [-0.39, 0.29) is 11.7 Å². The van der Waals surface area contributed by atoms with Crippen molar-refractivity contribution in [3.8, 4) is 17.1 Å². The van der Waals surface area contributed by atoms with Crippen LogP contribution in [0.3, 0.4) is 0 Å². The van der Waals surface area contributed by atoms with E-state index in [0.717, 1.165) is 17.0 Å². The van der Waals surface area contributed by atoms with E-state index in [2.05, 4.69) is 9.97 Å². The van der Waals surface area contributed by atoms with Gasteiger partial charge < -0.3 is 14.5 Å². The molecule has 5 heteroatoms. The molecule has 0 atom stereocenters. The molecule has 0 fully saturated rings. The van der Waals surface area contributed by atoms with Gasteiger partial charge in [0.2, 0.25) is 0 Å². The largest absolute Gasteiger partial charge is 0.491 e. The molecule has 0 saturated heterocycles. The Hall–Kier alpha value is -2.14. The Morgan fingerprint density at radius 2 is 2.24 bits per heavy atom. The molecule has 0 radical (unpaired) electrons. The maximum absolute atomic E-state index is 12.1. The van der Waals surface area contributed by atoms with Gasteiger partial charge in [-0.2, -0.15) is 0 Å². The van der Waals surface area contributed by atoms with Crippen LogP contribution in [0.5, 0.6) is 5.75 Å². The van der Waals surface area contributed by atoms with Crippen molar-refractivity contribution in [2.24, 2.45) is 0 Å². The maximum Gasteiger partial charge on any atom is 0.256 e. The van der Waals surface area contributed by atoms with E-state index in [1.807, 2.05) is 38.1 Å². The fourth-order valence-corrected chi connectivity index (χ4v) is 2.37. The molecule has 0 bridgehead atoms. The minimum atomic E-state index is -0.120. The van der Waals surface area contributed by atoms with Crippen LogP contribution >= 0.6 is 0 Å². The Balaban J connectivity index is 2.00. The summed E-state index contributed by atoms with van der Waals surface area (Å²) in [5.41, 5.74) is 2.19. The van der Waals surface area contributed by atoms with Gasteiger partial charge in [-0.15, -0.1) is 0 Å². The lowest BCUT2D eigenvalue weighted by molar-refractivity contribution is 0.108. The lowest BCUT2D eigenvalue weighted by Crippen LogP contribution is -2.24. The zero-order chi connectivity index (χ0) is 14.8. The summed E-state index contributed by atoms with van der Waals surface area (Å²) < 4.78 is 11.0. The van der Waals surface area contributed by atoms with Crippen molar-refractivity contribution in [2.75, 3.05) is 6.61 Å². The number of nitrogens with zero attached hydrogens (tertiary/aromatic N) is 1. The molecule has 0 amide bonds. The maximum atomic E-state index is 12.1. The van der Waals surface area contributed by atoms with E-state index in [1.54, 1.807) is 0 Å². The summed E-state index contributed by atoms with van der Waals surface area (Å²) in [6.45, 7) is 4.91. The lowest BCUT2D eigenvalue weighted by atomic mass is 10.1. The van der Waals surface area contributed by atoms with Crippen molar-refractivity contribution in [1.29, 1.82) is 0 Å². The summed E-state index contributed by atoms with van der Waals surface area (Å²) in [5, 5.41) is 0. The van der Waals surface area contributed by atoms with E-state index in [4.69, 9.17) is 9.47 Å². The van der Waals surface area contributed by atoms with Crippen molar-refractivity contribution in [3.05, 3.63) is 45.9 Å². The summed E-state index contributed by atoms with van der Waals surface area (Å²) in [6.07, 6.45) is 0.780. The molecule has 0 spiro atoms. The average Bonchev–Trinajstić information content (AvgIpc) is 2.47. The van der Waals surface area contributed by atoms with Crippen LogP contribution in [-0.2, 0) is 17.8 Å². The van der Waals surface area contributed by atoms with Crippen LogP contribution in [0.2, 0.25) is 0 Å². The Morgan fingerprint density at radius 1 is 1.38 bits per heavy atom. The summed E-state index contributed by atoms with van der Waals surface area (Å²) in [4.78, 5) is 19.5. The molecule has 1 N–H and O–H groups in total. The van der Waals surface area contributed by atoms with E-state index >= 15 is 0 Å². The number of nitrogens with one attached hydrogen (secondary N) is 1. The Kier molecular flexibility index (Phi) is 3.75. The predicted molar refractivity (Wildman–Crippen MR) is 79.4 cm³/mol. The van der Waals surface area contributed by atoms with Gasteiger partial charge in [0.1, 0.15) is 11.6 Å². The van der Waals surface area contributed by atoms with Gasteiger partial charge in [0.15, 0.2) is 0 Å². The second-order valence-corrected chi connectivity index (χ2v) is 5.34. The number of aromatic amines is 1. The second-order valence-electron chi connectivity index (χ2n) is 5.34. The first kappa shape index (κ1) is 13.8. The van der Waals surface area contributed by atoms with Gasteiger partial charge in [-0.05, 0) is 26.0 Å². The summed E-state index contributed by atoms with van der Waals surface area (Å²) >= 11 is 0. The van der Waals surface area contributed by atoms with Gasteiger partial charge in [0.25, 0.3) is 5.56 Å². The van der Waals surface area contributed by atoms with Gasteiger partial charge in [-0.25, -0.2) is 4.98 Å². The highest BCUT2D eigenvalue weighted by atomic mass is 16.5. The first-order chi connectivity index (χ1) is 10.1. The highest BCUT2D eigenvalue weighted by Gasteiger charge is 2.16. The molecule has 1 aliphatic rings. The molecular formula is C16H18N2O3. The molecule has 0 saturated carbocycles. The topological polar surface area (TPSA) is 64.2 Å². The predicted octanol–water partition coefficient (Wildman–Crippen LogP) is 2.30. The lowest BCUT2D eigenvalue weighted by Gasteiger charge is -2.16. The monoisotopic (exact) mass is 286 g/mol. The third-order valence-corrected chi connectivity index (χ3v) is 3.31. The van der Waals surface area contributed by atoms with Crippen molar-refractivity contribution in [2.45, 2.75) is 33.0 Å². The Morgan fingerprint density at radius 3 is 3.05 bits per heavy atom. The molecule has 2 aromatic rings. The Labute approximate surface area is 123 Å². The van der Waals surface area contributed by atoms with E-state index in [9.17, 15) is 4.79 Å². The zero-order valence-electron chi connectivity index (χ0n) is 12.2. The molecule has 2 heterocycles. The van der Waals surface area contributed by atoms with Crippen LogP contribution in [-0.4, -0.2) is 22.7 Å². The molecule has 1 aromatic heterocycles. The summed E-state index contributed by atoms with van der Waals surface area (Å²) in [5.74, 6) is 1.35. The average molecular weight is 286 g/mol. The molecule has 3 rings (SSSR count). The number of fused-ring (bicyclic) bond motifs is 1. The van der Waals surface area contributed by atoms with Crippen LogP contribution in [0.25, 0.3) is 11.4 Å². The molecule has 5 nitrogen and oxygen atoms in total. The van der Waals surface area contributed by atoms with Gasteiger partial charge in [0, 0.05) is 12.0 Å². The standard InChI is InChI=1S/C16H18N2O3/c1-10(2)21-12-5-3-4-11(8-12)15-17-14-6-7-20-9-13(14)16(19)18-15/h3-5,8,10H,6-7,9H2,1-2H3,(H,17,18,19). The van der Waals surface area contributed by atoms with Crippen LogP contribution in [0, 0.1) is 0 Å². The fraction of sp³-hybridized carbons (Fsp3) is 0.375. The number of aromatic nitrogens is 2. The van der Waals surface area contributed by atoms with Gasteiger partial charge in [-0.1, -0.05) is 12.1 Å². The van der Waals surface area contributed by atoms with Crippen LogP contribution in [0.4, 0.5) is 0 Å². The summed E-state index contributed by atoms with van der Waals surface area (Å²) in [7, 11) is 0. The first-order valence-corrected chi connectivity index (χ1v) is 7.10. The minimum absolute atomic E-state index is 0.105. The second kappa shape index (κ2) is 5.69. The molecule has 1 aliphatic heterocycles. The van der Waals surface area contributed by atoms with Crippen LogP contribution in [0.15, 0.2) is 29.1 Å². The van der Waals surface area contributed by atoms with E-state index in [0.29, 0.717) is 31.0 Å². The number of benzene rings is 1. The van der Waals surface area contributed by atoms with Crippen LogP contribution < -0.4 is 10.3 Å². The first-order valence-electron chi connectivity index (χ1n) is 7.10. The molecule has 1 aromatic carbocycles. The molecule has 0 aliphatic carbocycles. The van der Waals surface area contributed by atoms with Gasteiger partial charge in [-0.3, -0.25) is 4.79 Å². The molecular weight excluding hydrogens is 268 g/mol. The highest BCUT2D eigenvalue weighted by molar-refractivity contribution is 5.57. The number of H-pyrrole nitrogens is 1. The third kappa shape index (κ3) is 2.97. The third-order valence-electron chi connectivity index (χ3n) is 3.31. The molecule has 0 unspecified atom stereocenters. The number of rotatable bonds is 3. The van der Waals surface area contributed by atoms with Crippen LogP contribution in [0.1, 0.15) is 25.1 Å². The smallest absolute Gasteiger partial charge is 0.256 e. The summed E-state index contributed by atoms with van der Waals surface area (Å²) in [6, 6.07) is 7.60. The molecule has 110 valence electrons. The normalized spacial score (nSPS) is 14.0. The van der Waals surface area contributed by atoms with Crippen molar-refractivity contribution in [1.82, 2.24) is 9.97 Å². The number of ether oxygens (including phenoxy) is 2. The minimum Gasteiger partial charge on any atom is -0.491 e. The van der Waals surface area contributed by atoms with Crippen molar-refractivity contribution >= 4 is 0 Å². The highest BCUT2D eigenvalue weighted by Crippen LogP contribution is 2.22. The van der Waals surface area contributed by atoms with E-state index < -0.39 is 0 Å². The van der Waals surface area contributed by atoms with Crippen molar-refractivity contribution < 1.29 is 9.47 Å². The van der Waals surface area contributed by atoms with E-state index in [1.165, 1.54) is 0 Å². The van der Waals surface area contributed by atoms with Gasteiger partial charge >= 0.3 is 0 Å². The van der Waals surface area contributed by atoms with Gasteiger partial charge in [0.05, 0.1) is 30.6 Å². The quantitative estimate of drug-likeness (QED) is 0.940.